The average Bonchev–Trinajstić information content (AvgIpc) is 3.36. The Kier molecular flexibility index (Phi) is 6.59. The van der Waals surface area contributed by atoms with E-state index in [1.165, 1.54) is 0 Å². The number of hydrogen-bond donors (Lipinski definition) is 0. The van der Waals surface area contributed by atoms with Gasteiger partial charge < -0.3 is 19.9 Å². The number of rotatable bonds is 6. The third-order valence-corrected chi connectivity index (χ3v) is 11.4. The molecule has 2 aromatic carbocycles. The summed E-state index contributed by atoms with van der Waals surface area (Å²) in [5.41, 5.74) is 3.70. The fourth-order valence-electron chi connectivity index (χ4n) is 7.85. The Morgan fingerprint density at radius 1 is 0.622 bits per heavy atom. The van der Waals surface area contributed by atoms with Gasteiger partial charge in [0.05, 0.1) is 9.79 Å². The van der Waals surface area contributed by atoms with E-state index < -0.39 is 20.0 Å². The number of benzene rings is 2. The van der Waals surface area contributed by atoms with Gasteiger partial charge in [-0.15, -0.1) is 0 Å². The molecule has 0 amide bonds. The fraction of sp³-hybridized carbons (Fsp3) is 0.440. The predicted molar refractivity (Wildman–Crippen MR) is 131 cm³/mol. The van der Waals surface area contributed by atoms with E-state index in [0.717, 1.165) is 29.0 Å². The quantitative estimate of drug-likeness (QED) is 0.330. The molecule has 2 aromatic rings. The Bertz CT molecular complexity index is 1410. The van der Waals surface area contributed by atoms with Gasteiger partial charge in [0.2, 0.25) is 0 Å². The predicted octanol–water partition coefficient (Wildman–Crippen LogP) is -1.76. The summed E-state index contributed by atoms with van der Waals surface area (Å²) in [5.74, 6) is 2.31. The maximum atomic E-state index is 12.8. The molecule has 8 nitrogen and oxygen atoms in total. The summed E-state index contributed by atoms with van der Waals surface area (Å²) < 4.78 is 51.0. The molecular weight excluding hydrogens is 498 g/mol. The van der Waals surface area contributed by atoms with Crippen LogP contribution in [0.15, 0.2) is 68.5 Å². The van der Waals surface area contributed by atoms with E-state index in [9.17, 15) is 16.8 Å². The molecule has 5 aliphatic carbocycles. The van der Waals surface area contributed by atoms with Crippen LogP contribution in [0.4, 0.5) is 0 Å². The molecule has 5 aliphatic rings. The van der Waals surface area contributed by atoms with Crippen LogP contribution in [0.5, 0.6) is 0 Å². The van der Waals surface area contributed by atoms with E-state index in [0.29, 0.717) is 23.7 Å². The molecule has 0 aliphatic heterocycles. The first-order valence-electron chi connectivity index (χ1n) is 11.9. The summed E-state index contributed by atoms with van der Waals surface area (Å²) in [5, 5.41) is 8.72. The zero-order valence-electron chi connectivity index (χ0n) is 21.2. The molecular formula is C25H24Li2N4O4S2. The largest absolute Gasteiger partial charge is 1.00 e. The molecule has 0 spiro atoms. The molecule has 5 saturated carbocycles. The van der Waals surface area contributed by atoms with Crippen LogP contribution < -0.4 is 37.7 Å². The van der Waals surface area contributed by atoms with Gasteiger partial charge >= 0.3 is 37.7 Å². The van der Waals surface area contributed by atoms with E-state index in [2.05, 4.69) is 19.9 Å². The minimum Gasteiger partial charge on any atom is -0.491 e. The summed E-state index contributed by atoms with van der Waals surface area (Å²) in [6.07, 6.45) is 1.07. The van der Waals surface area contributed by atoms with Gasteiger partial charge in [-0.25, -0.2) is 16.8 Å². The monoisotopic (exact) mass is 522 g/mol. The standard InChI is InChI=1S/C25H24N4O4S2.2Li/c1-12-3-7-14(8-4-12)34(30,31)28-26-24-20-16-11-17-19-18(16)22(24)23(19)25(21(17)20)27-29-35(32,33)15-9-5-13(2)6-10-15;;/h3-10,16-23H,11H2,1-2H3;;/q-2;2*+1/b26-24+,27-25+;;. The minimum absolute atomic E-state index is 0. The van der Waals surface area contributed by atoms with Crippen LogP contribution in [0.1, 0.15) is 17.5 Å². The number of nitrogens with zero attached hydrogens (tertiary/aromatic N) is 4. The van der Waals surface area contributed by atoms with Gasteiger partial charge in [0, 0.05) is 35.1 Å². The second kappa shape index (κ2) is 9.01. The minimum atomic E-state index is -3.87. The molecule has 37 heavy (non-hydrogen) atoms. The van der Waals surface area contributed by atoms with Crippen LogP contribution >= 0.6 is 0 Å². The van der Waals surface area contributed by atoms with E-state index in [1.807, 2.05) is 13.8 Å². The third-order valence-electron chi connectivity index (χ3n) is 9.03. The van der Waals surface area contributed by atoms with Crippen molar-refractivity contribution in [1.29, 1.82) is 0 Å². The summed E-state index contributed by atoms with van der Waals surface area (Å²) in [4.78, 5) is 7.95. The second-order valence-electron chi connectivity index (χ2n) is 10.6. The fourth-order valence-corrected chi connectivity index (χ4v) is 9.40. The molecule has 0 radical (unpaired) electrons. The van der Waals surface area contributed by atoms with Gasteiger partial charge in [0.25, 0.3) is 0 Å². The number of fused-ring (bicyclic) bond motifs is 2. The third kappa shape index (κ3) is 3.75. The molecule has 182 valence electrons. The molecule has 2 bridgehead atoms. The van der Waals surface area contributed by atoms with Gasteiger partial charge in [0.15, 0.2) is 0 Å². The summed E-state index contributed by atoms with van der Waals surface area (Å²) in [6, 6.07) is 13.2. The maximum Gasteiger partial charge on any atom is 1.00 e. The van der Waals surface area contributed by atoms with Gasteiger partial charge in [-0.05, 0) is 68.2 Å². The zero-order chi connectivity index (χ0) is 24.3. The van der Waals surface area contributed by atoms with Crippen LogP contribution in [0, 0.1) is 61.2 Å². The average molecular weight is 523 g/mol. The van der Waals surface area contributed by atoms with E-state index in [1.54, 1.807) is 48.5 Å². The normalized spacial score (nSPS) is 35.8. The molecule has 0 saturated heterocycles. The van der Waals surface area contributed by atoms with Gasteiger partial charge in [-0.2, -0.15) is 0 Å². The first kappa shape index (κ1) is 27.1. The summed E-state index contributed by atoms with van der Waals surface area (Å²) >= 11 is 0. The van der Waals surface area contributed by atoms with Crippen LogP contribution in [0.2, 0.25) is 0 Å². The molecule has 0 aromatic heterocycles. The zero-order valence-corrected chi connectivity index (χ0v) is 22.8. The van der Waals surface area contributed by atoms with Crippen molar-refractivity contribution in [2.75, 3.05) is 0 Å². The smallest absolute Gasteiger partial charge is 0.491 e. The van der Waals surface area contributed by atoms with Crippen molar-refractivity contribution in [3.8, 4) is 0 Å². The van der Waals surface area contributed by atoms with Gasteiger partial charge in [-0.3, -0.25) is 0 Å². The van der Waals surface area contributed by atoms with Crippen molar-refractivity contribution in [2.24, 2.45) is 57.5 Å². The van der Waals surface area contributed by atoms with E-state index in [-0.39, 0.29) is 71.2 Å². The van der Waals surface area contributed by atoms with E-state index >= 15 is 0 Å². The topological polar surface area (TPSA) is 121 Å². The number of hydrogen-bond acceptors (Lipinski definition) is 6. The van der Waals surface area contributed by atoms with E-state index in [4.69, 9.17) is 0 Å². The molecule has 7 rings (SSSR count). The number of aryl methyl sites for hydroxylation is 2. The Morgan fingerprint density at radius 3 is 1.32 bits per heavy atom. The SMILES string of the molecule is Cc1ccc(S(=O)(=O)[N-]/N=C2\C3C4CC5C3/C(=N\[N-]S(=O)(=O)c3ccc(C)cc3)C3C2C4C53)cc1.[Li+].[Li+]. The Hall–Kier alpha value is -1.53. The summed E-state index contributed by atoms with van der Waals surface area (Å²) in [7, 11) is -7.75. The van der Waals surface area contributed by atoms with Crippen LogP contribution in [-0.4, -0.2) is 28.3 Å². The van der Waals surface area contributed by atoms with Crippen LogP contribution in [0.25, 0.3) is 9.66 Å². The van der Waals surface area contributed by atoms with Crippen molar-refractivity contribution in [3.05, 3.63) is 69.3 Å². The Labute approximate surface area is 241 Å². The van der Waals surface area contributed by atoms with Crippen molar-refractivity contribution >= 4 is 31.5 Å². The molecule has 8 unspecified atom stereocenters. The summed E-state index contributed by atoms with van der Waals surface area (Å²) in [6.45, 7) is 3.80. The first-order valence-corrected chi connectivity index (χ1v) is 14.8. The molecule has 12 heteroatoms. The van der Waals surface area contributed by atoms with Crippen LogP contribution in [-0.2, 0) is 20.0 Å². The van der Waals surface area contributed by atoms with Crippen molar-refractivity contribution in [2.45, 2.75) is 30.1 Å². The molecule has 0 N–H and O–H groups in total. The molecule has 8 atom stereocenters. The maximum absolute atomic E-state index is 12.8. The molecule has 5 fully saturated rings. The van der Waals surface area contributed by atoms with Crippen molar-refractivity contribution < 1.29 is 54.6 Å². The van der Waals surface area contributed by atoms with Gasteiger partial charge in [-0.1, -0.05) is 35.4 Å². The van der Waals surface area contributed by atoms with Crippen LogP contribution in [0.3, 0.4) is 0 Å². The molecule has 0 heterocycles. The Balaban J connectivity index is 0.00000140. The van der Waals surface area contributed by atoms with Crippen molar-refractivity contribution in [1.82, 2.24) is 0 Å². The Morgan fingerprint density at radius 2 is 0.973 bits per heavy atom. The first-order chi connectivity index (χ1) is 16.7. The van der Waals surface area contributed by atoms with Crippen molar-refractivity contribution in [3.63, 3.8) is 0 Å². The van der Waals surface area contributed by atoms with Gasteiger partial charge in [0.1, 0.15) is 20.0 Å². The second-order valence-corrected chi connectivity index (χ2v) is 13.8. The number of sulfonamides is 2.